The van der Waals surface area contributed by atoms with Gasteiger partial charge in [0.1, 0.15) is 0 Å². The smallest absolute Gasteiger partial charge is 0.109 e. The Morgan fingerprint density at radius 1 is 0.629 bits per heavy atom. The van der Waals surface area contributed by atoms with E-state index in [0.717, 1.165) is 35.7 Å². The average Bonchev–Trinajstić information content (AvgIpc) is 3.95. The minimum atomic E-state index is 0. The summed E-state index contributed by atoms with van der Waals surface area (Å²) in [5.74, 6) is 1.04. The van der Waals surface area contributed by atoms with Gasteiger partial charge >= 0.3 is 133 Å². The van der Waals surface area contributed by atoms with Crippen LogP contribution in [0.15, 0.2) is 133 Å². The van der Waals surface area contributed by atoms with Crippen LogP contribution in [0.2, 0.25) is 10.0 Å². The standard InChI is InChI=1S/C37H41.C15H12Cl2.C5H5.2ClH.Zr/c1-7-9-26(5)32-22-36-30(20-34(32)28-15-11-24(3)12-16-28)19-31-21-35(29-17-13-25(4)14-18-29)33(23-37(31)36)27(6)10-8-2;16-14-8-4-12(5-9-14)2-1-3-13-6-10-15(17)11-7-13;1-2-4-5-3-1;;;/h11-18,20,22-23,26-27H,7-10,19H2,1-6H3;4-11H,2-3H2;1-3H,4H2;2*1H;/q-1;;-1;;;+2/p-2. The summed E-state index contributed by atoms with van der Waals surface area (Å²) in [6.45, 7) is 13.7. The number of benzene rings is 6. The molecule has 2 atom stereocenters. The third-order valence-electron chi connectivity index (χ3n) is 11.6. The number of rotatable bonds is 12. The first kappa shape index (κ1) is 51.3. The monoisotopic (exact) mass is 972 g/mol. The van der Waals surface area contributed by atoms with Crippen molar-refractivity contribution in [3.05, 3.63) is 200 Å². The van der Waals surface area contributed by atoms with Crippen LogP contribution in [0.5, 0.6) is 0 Å². The molecule has 0 aromatic heterocycles. The molecule has 320 valence electrons. The molecule has 2 aliphatic carbocycles. The van der Waals surface area contributed by atoms with Gasteiger partial charge in [-0.2, -0.15) is 6.08 Å². The van der Waals surface area contributed by atoms with Crippen molar-refractivity contribution in [2.75, 3.05) is 0 Å². The van der Waals surface area contributed by atoms with Gasteiger partial charge in [-0.15, -0.1) is 35.2 Å². The van der Waals surface area contributed by atoms with Crippen molar-refractivity contribution in [3.8, 4) is 33.4 Å². The molecule has 0 heterocycles. The topological polar surface area (TPSA) is 0 Å². The molecule has 8 rings (SSSR count). The molecule has 0 saturated carbocycles. The quantitative estimate of drug-likeness (QED) is 0.107. The van der Waals surface area contributed by atoms with Gasteiger partial charge in [-0.1, -0.05) is 141 Å². The van der Waals surface area contributed by atoms with E-state index in [1.165, 1.54) is 131 Å². The number of aryl methyl sites for hydroxylation is 2. The molecule has 0 amide bonds. The number of fused-ring (bicyclic) bond motifs is 3. The van der Waals surface area contributed by atoms with Gasteiger partial charge < -0.3 is 24.8 Å². The molecule has 0 nitrogen and oxygen atoms in total. The van der Waals surface area contributed by atoms with Crippen LogP contribution in [0.3, 0.4) is 0 Å². The third-order valence-corrected chi connectivity index (χ3v) is 13.0. The van der Waals surface area contributed by atoms with E-state index in [-0.39, 0.29) is 24.8 Å². The van der Waals surface area contributed by atoms with E-state index in [2.05, 4.69) is 151 Å². The first-order valence-corrected chi connectivity index (χ1v) is 23.7. The fourth-order valence-electron chi connectivity index (χ4n) is 8.25. The van der Waals surface area contributed by atoms with Crippen molar-refractivity contribution in [3.63, 3.8) is 0 Å². The second-order valence-corrected chi connectivity index (χ2v) is 19.2. The molecule has 62 heavy (non-hydrogen) atoms. The maximum Gasteiger partial charge on any atom is -0.109 e. The Balaban J connectivity index is 0.000000281. The minimum absolute atomic E-state index is 0. The van der Waals surface area contributed by atoms with Crippen LogP contribution in [0.25, 0.3) is 33.4 Å². The first-order valence-electron chi connectivity index (χ1n) is 21.7. The van der Waals surface area contributed by atoms with Gasteiger partial charge in [0.15, 0.2) is 0 Å². The van der Waals surface area contributed by atoms with Gasteiger partial charge in [0.05, 0.1) is 0 Å². The predicted molar refractivity (Wildman–Crippen MR) is 257 cm³/mol. The van der Waals surface area contributed by atoms with Crippen LogP contribution in [0, 0.1) is 26.0 Å². The van der Waals surface area contributed by atoms with Gasteiger partial charge in [0.2, 0.25) is 0 Å². The van der Waals surface area contributed by atoms with E-state index in [4.69, 9.17) is 23.2 Å². The Kier molecular flexibility index (Phi) is 20.9. The average molecular weight is 976 g/mol. The molecule has 0 fully saturated rings. The number of allylic oxidation sites excluding steroid dienone is 4. The fraction of sp³-hybridized carbons (Fsp3) is 0.281. The molecule has 0 spiro atoms. The van der Waals surface area contributed by atoms with E-state index >= 15 is 0 Å². The predicted octanol–water partition coefficient (Wildman–Crippen LogP) is 10.6. The summed E-state index contributed by atoms with van der Waals surface area (Å²) in [4.78, 5) is 0. The first-order chi connectivity index (χ1) is 29.0. The van der Waals surface area contributed by atoms with Gasteiger partial charge in [-0.05, 0) is 54.9 Å². The Morgan fingerprint density at radius 3 is 1.60 bits per heavy atom. The van der Waals surface area contributed by atoms with Gasteiger partial charge in [0.25, 0.3) is 0 Å². The summed E-state index contributed by atoms with van der Waals surface area (Å²) in [7, 11) is 0. The van der Waals surface area contributed by atoms with Gasteiger partial charge in [-0.25, -0.2) is 12.2 Å². The van der Waals surface area contributed by atoms with Crippen LogP contribution in [0.1, 0.15) is 116 Å². The molecule has 6 aromatic carbocycles. The third kappa shape index (κ3) is 14.1. The van der Waals surface area contributed by atoms with Gasteiger partial charge in [-0.3, -0.25) is 6.08 Å². The van der Waals surface area contributed by atoms with Crippen molar-refractivity contribution in [2.24, 2.45) is 0 Å². The summed E-state index contributed by atoms with van der Waals surface area (Å²) < 4.78 is 1.52. The molecular weight excluding hydrogens is 918 g/mol. The summed E-state index contributed by atoms with van der Waals surface area (Å²) in [5, 5.41) is 1.59. The van der Waals surface area contributed by atoms with E-state index < -0.39 is 0 Å². The van der Waals surface area contributed by atoms with Crippen molar-refractivity contribution < 1.29 is 49.0 Å². The molecule has 2 unspecified atom stereocenters. The SMILES string of the molecule is CCCC(C)c1cc2c([c-]c1-c1ccc(C)cc1)Cc1cc(-c3ccc(C)cc3)c(C(C)CCC)cc1-2.Clc1ccc(C[C](=[Zr+2])Cc2ccc(Cl)cc2)cc1.[C-]1=CC=CC1.[Cl-].[Cl-]. The molecule has 0 radical (unpaired) electrons. The van der Waals surface area contributed by atoms with Crippen LogP contribution in [0.4, 0.5) is 0 Å². The largest absolute Gasteiger partial charge is 1.00 e. The van der Waals surface area contributed by atoms with Crippen LogP contribution in [-0.2, 0) is 43.5 Å². The Morgan fingerprint density at radius 2 is 1.13 bits per heavy atom. The molecule has 5 heteroatoms. The second-order valence-electron chi connectivity index (χ2n) is 16.6. The molecule has 0 N–H and O–H groups in total. The van der Waals surface area contributed by atoms with Crippen LogP contribution in [-0.4, -0.2) is 3.21 Å². The molecule has 2 aliphatic rings. The van der Waals surface area contributed by atoms with Gasteiger partial charge in [0, 0.05) is 0 Å². The van der Waals surface area contributed by atoms with Crippen LogP contribution >= 0.6 is 23.2 Å². The number of halogens is 4. The Bertz CT molecular complexity index is 2240. The Labute approximate surface area is 410 Å². The van der Waals surface area contributed by atoms with E-state index in [1.54, 1.807) is 0 Å². The van der Waals surface area contributed by atoms with Crippen molar-refractivity contribution in [1.82, 2.24) is 0 Å². The number of hydrogen-bond donors (Lipinski definition) is 0. The normalized spacial score (nSPS) is 12.7. The van der Waals surface area contributed by atoms with E-state index in [0.29, 0.717) is 11.8 Å². The summed E-state index contributed by atoms with van der Waals surface area (Å²) >= 11 is 13.2. The van der Waals surface area contributed by atoms with Crippen molar-refractivity contribution >= 4 is 26.4 Å². The van der Waals surface area contributed by atoms with Crippen LogP contribution < -0.4 is 24.8 Å². The number of hydrogen-bond acceptors (Lipinski definition) is 0. The minimum Gasteiger partial charge on any atom is -1.00 e. The van der Waals surface area contributed by atoms with E-state index in [1.807, 2.05) is 36.4 Å². The van der Waals surface area contributed by atoms with E-state index in [9.17, 15) is 0 Å². The maximum absolute atomic E-state index is 5.88. The molecule has 0 saturated heterocycles. The van der Waals surface area contributed by atoms with Crippen molar-refractivity contribution in [1.29, 1.82) is 0 Å². The molecular formula is C57H58Cl4Zr-2. The Hall–Kier alpha value is -3.29. The van der Waals surface area contributed by atoms with Crippen molar-refractivity contribution in [2.45, 2.75) is 105 Å². The maximum atomic E-state index is 5.88. The second kappa shape index (κ2) is 25.3. The fourth-order valence-corrected chi connectivity index (χ4v) is 9.50. The molecule has 6 aromatic rings. The molecule has 0 bridgehead atoms. The zero-order chi connectivity index (χ0) is 42.6. The zero-order valence-corrected chi connectivity index (χ0v) is 42.5. The summed E-state index contributed by atoms with van der Waals surface area (Å²) in [6, 6.07) is 45.8. The summed E-state index contributed by atoms with van der Waals surface area (Å²) in [5.41, 5.74) is 19.2. The zero-order valence-electron chi connectivity index (χ0n) is 37.0. The summed E-state index contributed by atoms with van der Waals surface area (Å²) in [6.07, 6.45) is 17.8. The molecule has 0 aliphatic heterocycles.